The number of aliphatic hydroxyl groups is 1. The minimum atomic E-state index is -0.721. The standard InChI is InChI=1S/C7H12Cl2O/c1-4(10)5-6(2,3)7(5,8)9/h4-5,10H,1-3H3/t4-,5+/m0/s1. The zero-order valence-corrected chi connectivity index (χ0v) is 7.87. The van der Waals surface area contributed by atoms with Gasteiger partial charge in [-0.2, -0.15) is 0 Å². The van der Waals surface area contributed by atoms with Gasteiger partial charge >= 0.3 is 0 Å². The Bertz CT molecular complexity index is 138. The molecule has 2 atom stereocenters. The Morgan fingerprint density at radius 1 is 1.40 bits per heavy atom. The molecule has 0 spiro atoms. The second-order valence-corrected chi connectivity index (χ2v) is 4.95. The third kappa shape index (κ3) is 0.876. The van der Waals surface area contributed by atoms with E-state index in [0.717, 1.165) is 0 Å². The van der Waals surface area contributed by atoms with E-state index < -0.39 is 10.4 Å². The van der Waals surface area contributed by atoms with E-state index in [-0.39, 0.29) is 11.3 Å². The van der Waals surface area contributed by atoms with Gasteiger partial charge in [-0.3, -0.25) is 0 Å². The van der Waals surface area contributed by atoms with Gasteiger partial charge in [-0.05, 0) is 6.92 Å². The van der Waals surface area contributed by atoms with Gasteiger partial charge in [-0.15, -0.1) is 23.2 Å². The highest BCUT2D eigenvalue weighted by Crippen LogP contribution is 2.69. The van der Waals surface area contributed by atoms with Gasteiger partial charge in [0.15, 0.2) is 0 Å². The van der Waals surface area contributed by atoms with Crippen molar-refractivity contribution in [3.05, 3.63) is 0 Å². The highest BCUT2D eigenvalue weighted by atomic mass is 35.5. The largest absolute Gasteiger partial charge is 0.393 e. The van der Waals surface area contributed by atoms with Gasteiger partial charge in [0, 0.05) is 11.3 Å². The summed E-state index contributed by atoms with van der Waals surface area (Å²) in [5.74, 6) is 0.0170. The van der Waals surface area contributed by atoms with E-state index >= 15 is 0 Å². The molecule has 1 nitrogen and oxygen atoms in total. The second kappa shape index (κ2) is 2.02. The third-order valence-corrected chi connectivity index (χ3v) is 3.87. The molecule has 1 aliphatic carbocycles. The maximum Gasteiger partial charge on any atom is 0.129 e. The van der Waals surface area contributed by atoms with Crippen LogP contribution in [0.1, 0.15) is 20.8 Å². The van der Waals surface area contributed by atoms with Gasteiger partial charge in [-0.1, -0.05) is 13.8 Å². The highest BCUT2D eigenvalue weighted by Gasteiger charge is 2.71. The lowest BCUT2D eigenvalue weighted by Crippen LogP contribution is -2.08. The Morgan fingerprint density at radius 2 is 1.70 bits per heavy atom. The SMILES string of the molecule is C[C@H](O)[C@@H]1C(C)(C)C1(Cl)Cl. The first-order valence-corrected chi connectivity index (χ1v) is 4.13. The first-order valence-electron chi connectivity index (χ1n) is 3.37. The smallest absolute Gasteiger partial charge is 0.129 e. The van der Waals surface area contributed by atoms with Crippen molar-refractivity contribution in [2.45, 2.75) is 31.2 Å². The minimum absolute atomic E-state index is 0.0170. The molecule has 1 fully saturated rings. The first kappa shape index (κ1) is 8.63. The molecule has 0 saturated heterocycles. The summed E-state index contributed by atoms with van der Waals surface area (Å²) in [5.41, 5.74) is -0.135. The summed E-state index contributed by atoms with van der Waals surface area (Å²) in [6, 6.07) is 0. The molecule has 0 radical (unpaired) electrons. The van der Waals surface area contributed by atoms with Crippen LogP contribution < -0.4 is 0 Å². The quantitative estimate of drug-likeness (QED) is 0.618. The highest BCUT2D eigenvalue weighted by molar-refractivity contribution is 6.51. The van der Waals surface area contributed by atoms with Gasteiger partial charge in [-0.25, -0.2) is 0 Å². The maximum atomic E-state index is 9.19. The molecule has 10 heavy (non-hydrogen) atoms. The second-order valence-electron chi connectivity index (χ2n) is 3.56. The number of aliphatic hydroxyl groups excluding tert-OH is 1. The zero-order chi connectivity index (χ0) is 8.15. The van der Waals surface area contributed by atoms with Crippen molar-refractivity contribution in [3.63, 3.8) is 0 Å². The van der Waals surface area contributed by atoms with E-state index in [9.17, 15) is 5.11 Å². The lowest BCUT2D eigenvalue weighted by molar-refractivity contribution is 0.155. The van der Waals surface area contributed by atoms with Crippen molar-refractivity contribution in [2.24, 2.45) is 11.3 Å². The fourth-order valence-corrected chi connectivity index (χ4v) is 2.64. The summed E-state index contributed by atoms with van der Waals surface area (Å²) in [6.07, 6.45) is -0.412. The van der Waals surface area contributed by atoms with Gasteiger partial charge in [0.1, 0.15) is 4.33 Å². The van der Waals surface area contributed by atoms with E-state index in [1.54, 1.807) is 6.92 Å². The maximum absolute atomic E-state index is 9.19. The fourth-order valence-electron chi connectivity index (χ4n) is 1.60. The van der Waals surface area contributed by atoms with Crippen LogP contribution in [-0.4, -0.2) is 15.5 Å². The molecule has 0 heterocycles. The molecule has 1 N–H and O–H groups in total. The molecule has 0 amide bonds. The Kier molecular flexibility index (Phi) is 1.75. The third-order valence-electron chi connectivity index (χ3n) is 2.43. The van der Waals surface area contributed by atoms with Gasteiger partial charge < -0.3 is 5.11 Å². The Labute approximate surface area is 71.3 Å². The van der Waals surface area contributed by atoms with E-state index in [0.29, 0.717) is 0 Å². The number of alkyl halides is 2. The molecule has 3 heteroatoms. The van der Waals surface area contributed by atoms with Crippen molar-refractivity contribution in [1.82, 2.24) is 0 Å². The summed E-state index contributed by atoms with van der Waals surface area (Å²) in [6.45, 7) is 5.65. The minimum Gasteiger partial charge on any atom is -0.393 e. The molecule has 1 rings (SSSR count). The van der Waals surface area contributed by atoms with Crippen molar-refractivity contribution < 1.29 is 5.11 Å². The average molecular weight is 183 g/mol. The molecule has 0 unspecified atom stereocenters. The molecular weight excluding hydrogens is 171 g/mol. The van der Waals surface area contributed by atoms with E-state index in [2.05, 4.69) is 0 Å². The molecular formula is C7H12Cl2O. The number of rotatable bonds is 1. The van der Waals surface area contributed by atoms with Gasteiger partial charge in [0.2, 0.25) is 0 Å². The summed E-state index contributed by atoms with van der Waals surface area (Å²) in [7, 11) is 0. The summed E-state index contributed by atoms with van der Waals surface area (Å²) < 4.78 is -0.721. The van der Waals surface area contributed by atoms with Crippen molar-refractivity contribution in [2.75, 3.05) is 0 Å². The monoisotopic (exact) mass is 182 g/mol. The van der Waals surface area contributed by atoms with E-state index in [4.69, 9.17) is 23.2 Å². The molecule has 0 aromatic heterocycles. The average Bonchev–Trinajstić information content (AvgIpc) is 1.97. The van der Waals surface area contributed by atoms with Crippen molar-refractivity contribution in [1.29, 1.82) is 0 Å². The van der Waals surface area contributed by atoms with Crippen LogP contribution in [0.15, 0.2) is 0 Å². The summed E-state index contributed by atoms with van der Waals surface area (Å²) in [4.78, 5) is 0. The van der Waals surface area contributed by atoms with Crippen LogP contribution in [0.3, 0.4) is 0 Å². The van der Waals surface area contributed by atoms with E-state index in [1.807, 2.05) is 13.8 Å². The van der Waals surface area contributed by atoms with Crippen LogP contribution in [0.4, 0.5) is 0 Å². The van der Waals surface area contributed by atoms with Crippen molar-refractivity contribution in [3.8, 4) is 0 Å². The molecule has 1 aliphatic rings. The molecule has 0 bridgehead atoms. The molecule has 0 aliphatic heterocycles. The first-order chi connectivity index (χ1) is 4.32. The normalized spacial score (nSPS) is 37.2. The summed E-state index contributed by atoms with van der Waals surface area (Å²) >= 11 is 11.8. The fraction of sp³-hybridized carbons (Fsp3) is 1.00. The van der Waals surface area contributed by atoms with Crippen LogP contribution >= 0.6 is 23.2 Å². The lowest BCUT2D eigenvalue weighted by Gasteiger charge is -2.02. The molecule has 0 aromatic carbocycles. The molecule has 0 aromatic rings. The lowest BCUT2D eigenvalue weighted by atomic mass is 10.1. The van der Waals surface area contributed by atoms with Crippen LogP contribution in [0.2, 0.25) is 0 Å². The number of hydrogen-bond donors (Lipinski definition) is 1. The zero-order valence-electron chi connectivity index (χ0n) is 6.36. The van der Waals surface area contributed by atoms with E-state index in [1.165, 1.54) is 0 Å². The predicted molar refractivity (Wildman–Crippen MR) is 43.4 cm³/mol. The van der Waals surface area contributed by atoms with Gasteiger partial charge in [0.25, 0.3) is 0 Å². The Morgan fingerprint density at radius 3 is 1.70 bits per heavy atom. The van der Waals surface area contributed by atoms with Crippen LogP contribution in [0.25, 0.3) is 0 Å². The predicted octanol–water partition coefficient (Wildman–Crippen LogP) is 2.20. The van der Waals surface area contributed by atoms with Crippen molar-refractivity contribution >= 4 is 23.2 Å². The van der Waals surface area contributed by atoms with Crippen LogP contribution in [-0.2, 0) is 0 Å². The summed E-state index contributed by atoms with van der Waals surface area (Å²) in [5, 5.41) is 9.19. The van der Waals surface area contributed by atoms with Crippen LogP contribution in [0, 0.1) is 11.3 Å². The molecule has 60 valence electrons. The number of hydrogen-bond acceptors (Lipinski definition) is 1. The van der Waals surface area contributed by atoms with Gasteiger partial charge in [0.05, 0.1) is 6.10 Å². The Balaban J connectivity index is 2.72. The number of halogens is 2. The van der Waals surface area contributed by atoms with Crippen LogP contribution in [0.5, 0.6) is 0 Å². The molecule has 1 saturated carbocycles. The Hall–Kier alpha value is 0.540. The topological polar surface area (TPSA) is 20.2 Å².